The average Bonchev–Trinajstić information content (AvgIpc) is 1.35. The first-order valence-corrected chi connectivity index (χ1v) is 1.82. The molecule has 6 heavy (non-hydrogen) atoms. The van der Waals surface area contributed by atoms with Gasteiger partial charge in [0.05, 0.1) is 0 Å². The van der Waals surface area contributed by atoms with Crippen molar-refractivity contribution in [1.29, 1.82) is 0 Å². The Hall–Kier alpha value is -0.0800. The minimum absolute atomic E-state index is 1.21. The van der Waals surface area contributed by atoms with Crippen LogP contribution >= 0.6 is 0 Å². The summed E-state index contributed by atoms with van der Waals surface area (Å²) >= 11 is 0. The second-order valence-electron chi connectivity index (χ2n) is 1.60. The molecule has 0 atom stereocenters. The SMILES string of the molecule is COC(C)(C)[O-]. The first-order chi connectivity index (χ1) is 2.56. The van der Waals surface area contributed by atoms with Gasteiger partial charge < -0.3 is 9.84 Å². The van der Waals surface area contributed by atoms with Crippen molar-refractivity contribution >= 4 is 0 Å². The number of hydrogen-bond donors (Lipinski definition) is 0. The second-order valence-corrected chi connectivity index (χ2v) is 1.60. The van der Waals surface area contributed by atoms with Crippen LogP contribution in [-0.4, -0.2) is 12.9 Å². The van der Waals surface area contributed by atoms with Gasteiger partial charge in [0.15, 0.2) is 0 Å². The summed E-state index contributed by atoms with van der Waals surface area (Å²) in [5.41, 5.74) is 0. The standard InChI is InChI=1S/C4H9O2/c1-4(2,5)6-3/h1-3H3/q-1. The summed E-state index contributed by atoms with van der Waals surface area (Å²) in [5.74, 6) is -1.21. The average molecular weight is 89.1 g/mol. The zero-order valence-electron chi connectivity index (χ0n) is 4.32. The van der Waals surface area contributed by atoms with E-state index in [9.17, 15) is 5.11 Å². The van der Waals surface area contributed by atoms with Crippen molar-refractivity contribution in [3.8, 4) is 0 Å². The van der Waals surface area contributed by atoms with Gasteiger partial charge in [-0.05, 0) is 5.79 Å². The molecule has 2 nitrogen and oxygen atoms in total. The summed E-state index contributed by atoms with van der Waals surface area (Å²) in [6.45, 7) is 2.93. The van der Waals surface area contributed by atoms with Crippen molar-refractivity contribution in [3.63, 3.8) is 0 Å². The van der Waals surface area contributed by atoms with Crippen LogP contribution in [0.4, 0.5) is 0 Å². The minimum atomic E-state index is -1.21. The zero-order valence-corrected chi connectivity index (χ0v) is 4.32. The summed E-state index contributed by atoms with van der Waals surface area (Å²) < 4.78 is 4.38. The third kappa shape index (κ3) is 3.92. The van der Waals surface area contributed by atoms with E-state index in [1.807, 2.05) is 0 Å². The highest BCUT2D eigenvalue weighted by atomic mass is 16.6. The maximum Gasteiger partial charge on any atom is 0.0343 e. The van der Waals surface area contributed by atoms with E-state index in [2.05, 4.69) is 4.74 Å². The van der Waals surface area contributed by atoms with Crippen molar-refractivity contribution < 1.29 is 9.84 Å². The van der Waals surface area contributed by atoms with Gasteiger partial charge in [-0.15, -0.1) is 0 Å². The molecule has 0 amide bonds. The van der Waals surface area contributed by atoms with Crippen LogP contribution in [-0.2, 0) is 4.74 Å². The molecule has 0 aliphatic rings. The largest absolute Gasteiger partial charge is 0.829 e. The van der Waals surface area contributed by atoms with Gasteiger partial charge in [0.2, 0.25) is 0 Å². The van der Waals surface area contributed by atoms with Gasteiger partial charge in [0, 0.05) is 7.11 Å². The van der Waals surface area contributed by atoms with Crippen molar-refractivity contribution in [2.75, 3.05) is 7.11 Å². The van der Waals surface area contributed by atoms with Crippen LogP contribution in [0.25, 0.3) is 0 Å². The lowest BCUT2D eigenvalue weighted by Crippen LogP contribution is -2.38. The Morgan fingerprint density at radius 1 is 1.50 bits per heavy atom. The van der Waals surface area contributed by atoms with Gasteiger partial charge in [0.1, 0.15) is 0 Å². The maximum absolute atomic E-state index is 10.2. The normalized spacial score (nSPS) is 12.0. The molecular weight excluding hydrogens is 80.0 g/mol. The summed E-state index contributed by atoms with van der Waals surface area (Å²) in [4.78, 5) is 0. The van der Waals surface area contributed by atoms with Gasteiger partial charge in [-0.1, -0.05) is 13.8 Å². The lowest BCUT2D eigenvalue weighted by molar-refractivity contribution is -0.538. The summed E-state index contributed by atoms with van der Waals surface area (Å²) in [7, 11) is 1.40. The van der Waals surface area contributed by atoms with Gasteiger partial charge in [-0.2, -0.15) is 0 Å². The molecule has 0 bridgehead atoms. The fraction of sp³-hybridized carbons (Fsp3) is 1.00. The zero-order chi connectivity index (χ0) is 5.21. The molecule has 0 saturated carbocycles. The Kier molecular flexibility index (Phi) is 1.56. The fourth-order valence-corrected chi connectivity index (χ4v) is 0. The molecule has 0 fully saturated rings. The van der Waals surface area contributed by atoms with Crippen molar-refractivity contribution in [1.82, 2.24) is 0 Å². The van der Waals surface area contributed by atoms with Crippen LogP contribution in [0.3, 0.4) is 0 Å². The van der Waals surface area contributed by atoms with E-state index in [1.165, 1.54) is 21.0 Å². The van der Waals surface area contributed by atoms with Crippen LogP contribution in [0.1, 0.15) is 13.8 Å². The maximum atomic E-state index is 10.2. The van der Waals surface area contributed by atoms with E-state index in [1.54, 1.807) is 0 Å². The quantitative estimate of drug-likeness (QED) is 0.414. The van der Waals surface area contributed by atoms with Gasteiger partial charge >= 0.3 is 0 Å². The lowest BCUT2D eigenvalue weighted by Gasteiger charge is -2.28. The van der Waals surface area contributed by atoms with Crippen LogP contribution in [0.5, 0.6) is 0 Å². The molecule has 2 heteroatoms. The number of hydrogen-bond acceptors (Lipinski definition) is 2. The number of rotatable bonds is 1. The highest BCUT2D eigenvalue weighted by Gasteiger charge is 1.92. The third-order valence-electron chi connectivity index (χ3n) is 0.492. The van der Waals surface area contributed by atoms with Gasteiger partial charge in [-0.3, -0.25) is 0 Å². The molecule has 0 N–H and O–H groups in total. The van der Waals surface area contributed by atoms with Crippen LogP contribution in [0.15, 0.2) is 0 Å². The number of ether oxygens (including phenoxy) is 1. The predicted molar refractivity (Wildman–Crippen MR) is 21.1 cm³/mol. The molecule has 0 aromatic rings. The van der Waals surface area contributed by atoms with E-state index in [-0.39, 0.29) is 0 Å². The molecule has 0 unspecified atom stereocenters. The molecule has 0 radical (unpaired) electrons. The first-order valence-electron chi connectivity index (χ1n) is 1.82. The van der Waals surface area contributed by atoms with Crippen LogP contribution in [0.2, 0.25) is 0 Å². The van der Waals surface area contributed by atoms with Gasteiger partial charge in [0.25, 0.3) is 0 Å². The minimum Gasteiger partial charge on any atom is -0.829 e. The summed E-state index contributed by atoms with van der Waals surface area (Å²) in [6.07, 6.45) is 0. The molecule has 0 aliphatic heterocycles. The smallest absolute Gasteiger partial charge is 0.0343 e. The molecule has 38 valence electrons. The van der Waals surface area contributed by atoms with Crippen molar-refractivity contribution in [2.24, 2.45) is 0 Å². The topological polar surface area (TPSA) is 32.3 Å². The third-order valence-corrected chi connectivity index (χ3v) is 0.492. The van der Waals surface area contributed by atoms with Gasteiger partial charge in [-0.25, -0.2) is 0 Å². The molecular formula is C4H9O2-. The Morgan fingerprint density at radius 2 is 1.67 bits per heavy atom. The summed E-state index contributed by atoms with van der Waals surface area (Å²) in [6, 6.07) is 0. The first kappa shape index (κ1) is 5.92. The van der Waals surface area contributed by atoms with E-state index in [0.717, 1.165) is 0 Å². The van der Waals surface area contributed by atoms with Crippen LogP contribution in [0, 0.1) is 0 Å². The Balaban J connectivity index is 3.17. The Labute approximate surface area is 37.7 Å². The predicted octanol–water partition coefficient (Wildman–Crippen LogP) is -0.271. The highest BCUT2D eigenvalue weighted by Crippen LogP contribution is 1.91. The van der Waals surface area contributed by atoms with Crippen LogP contribution < -0.4 is 5.11 Å². The highest BCUT2D eigenvalue weighted by molar-refractivity contribution is 4.39. The molecule has 0 spiro atoms. The molecule has 0 aromatic carbocycles. The van der Waals surface area contributed by atoms with E-state index in [4.69, 9.17) is 0 Å². The fourth-order valence-electron chi connectivity index (χ4n) is 0. The van der Waals surface area contributed by atoms with Crippen molar-refractivity contribution in [3.05, 3.63) is 0 Å². The number of methoxy groups -OCH3 is 1. The lowest BCUT2D eigenvalue weighted by atomic mass is 10.4. The molecule has 0 aliphatic carbocycles. The van der Waals surface area contributed by atoms with E-state index >= 15 is 0 Å². The summed E-state index contributed by atoms with van der Waals surface area (Å²) in [5, 5.41) is 10.2. The molecule has 0 saturated heterocycles. The molecule has 0 aromatic heterocycles. The van der Waals surface area contributed by atoms with E-state index in [0.29, 0.717) is 0 Å². The molecule has 0 heterocycles. The Morgan fingerprint density at radius 3 is 1.67 bits per heavy atom. The van der Waals surface area contributed by atoms with E-state index < -0.39 is 5.79 Å². The Bertz CT molecular complexity index is 35.3. The molecule has 0 rings (SSSR count). The second kappa shape index (κ2) is 1.58. The monoisotopic (exact) mass is 89.1 g/mol. The van der Waals surface area contributed by atoms with Crippen molar-refractivity contribution in [2.45, 2.75) is 19.6 Å².